The zero-order valence-corrected chi connectivity index (χ0v) is 27.9. The zero-order chi connectivity index (χ0) is 30.4. The Balaban J connectivity index is 0.000000421. The molecule has 0 amide bonds. The first kappa shape index (κ1) is 31.2. The van der Waals surface area contributed by atoms with E-state index in [0.29, 0.717) is 5.92 Å². The van der Waals surface area contributed by atoms with Gasteiger partial charge in [-0.05, 0) is 59.7 Å². The molecule has 1 radical (unpaired) electrons. The third-order valence-corrected chi connectivity index (χ3v) is 8.33. The number of carbonyl (C=O) groups is 1. The number of carbonyl (C=O) groups excluding carboxylic acids is 1. The maximum absolute atomic E-state index is 12.2. The largest absolute Gasteiger partial charge is 0.512 e. The van der Waals surface area contributed by atoms with Crippen molar-refractivity contribution in [2.75, 3.05) is 0 Å². The smallest absolute Gasteiger partial charge is 0.164 e. The fourth-order valence-corrected chi connectivity index (χ4v) is 4.35. The van der Waals surface area contributed by atoms with Gasteiger partial charge in [0, 0.05) is 43.2 Å². The summed E-state index contributed by atoms with van der Waals surface area (Å²) >= 11 is 0. The maximum atomic E-state index is 12.2. The molecule has 0 aliphatic rings. The fraction of sp³-hybridized carbons (Fsp3) is 0.486. The van der Waals surface area contributed by atoms with Crippen molar-refractivity contribution in [3.05, 3.63) is 77.1 Å². The molecule has 1 N–H and O–H groups in total. The predicted octanol–water partition coefficient (Wildman–Crippen LogP) is 10.1. The van der Waals surface area contributed by atoms with Gasteiger partial charge in [0.25, 0.3) is 0 Å². The number of aliphatic hydroxyl groups excluding tert-OH is 1. The van der Waals surface area contributed by atoms with Crippen LogP contribution in [0.5, 0.6) is 0 Å². The van der Waals surface area contributed by atoms with Crippen LogP contribution in [0.3, 0.4) is 0 Å². The van der Waals surface area contributed by atoms with Gasteiger partial charge in [0.1, 0.15) is 5.76 Å². The first-order valence-corrected chi connectivity index (χ1v) is 14.0. The van der Waals surface area contributed by atoms with E-state index in [1.54, 1.807) is 0 Å². The normalized spacial score (nSPS) is 12.8. The van der Waals surface area contributed by atoms with E-state index >= 15 is 0 Å². The molecule has 0 saturated heterocycles. The number of aromatic nitrogens is 1. The van der Waals surface area contributed by atoms with Gasteiger partial charge in [-0.25, -0.2) is 0 Å². The van der Waals surface area contributed by atoms with Crippen LogP contribution in [0.2, 0.25) is 0 Å². The Bertz CT molecular complexity index is 1350. The van der Waals surface area contributed by atoms with Gasteiger partial charge in [0.2, 0.25) is 0 Å². The van der Waals surface area contributed by atoms with Gasteiger partial charge in [0.05, 0.1) is 2.74 Å². The van der Waals surface area contributed by atoms with Crippen LogP contribution in [0.15, 0.2) is 54.4 Å². The summed E-state index contributed by atoms with van der Waals surface area (Å²) < 4.78 is 16.3. The van der Waals surface area contributed by atoms with Crippen LogP contribution in [0.1, 0.15) is 106 Å². The number of ketones is 1. The predicted molar refractivity (Wildman–Crippen MR) is 163 cm³/mol. The van der Waals surface area contributed by atoms with Crippen molar-refractivity contribution in [2.45, 2.75) is 101 Å². The Hall–Kier alpha value is -2.29. The molecule has 39 heavy (non-hydrogen) atoms. The summed E-state index contributed by atoms with van der Waals surface area (Å²) in [5.41, 5.74) is 4.39. The molecular formula is C35H48IrNO2-. The summed E-state index contributed by atoms with van der Waals surface area (Å²) in [7, 11) is 0. The van der Waals surface area contributed by atoms with Crippen LogP contribution in [-0.4, -0.2) is 15.9 Å². The summed E-state index contributed by atoms with van der Waals surface area (Å²) in [4.78, 5) is 16.6. The van der Waals surface area contributed by atoms with Gasteiger partial charge >= 0.3 is 0 Å². The molecule has 0 atom stereocenters. The standard InChI is InChI=1S/C20H20N.C15H28O2.Ir/c1-13(2)16-5-6-19-17(12-16)7-8-21-20(19)18-10-14(3)9-15(4)11-18;1-7-14(5,8-2)12(16)11-13(17)15(6,9-3)10-4;/h5-10,12-13H,1-4H3;11,16H,7-10H2,1-6H3;/q-1;;/b;12-11-;/i7D,8D;;. The Morgan fingerprint density at radius 2 is 1.62 bits per heavy atom. The maximum Gasteiger partial charge on any atom is 0.164 e. The molecule has 2 aromatic carbocycles. The molecule has 0 spiro atoms. The monoisotopic (exact) mass is 709 g/mol. The van der Waals surface area contributed by atoms with E-state index in [1.807, 2.05) is 73.6 Å². The van der Waals surface area contributed by atoms with Crippen molar-refractivity contribution in [2.24, 2.45) is 10.8 Å². The molecular weight excluding hydrogens is 659 g/mol. The molecule has 0 aliphatic carbocycles. The number of aliphatic hydroxyl groups is 1. The molecule has 3 aromatic rings. The Labute approximate surface area is 253 Å². The quantitative estimate of drug-likeness (QED) is 0.137. The van der Waals surface area contributed by atoms with Crippen molar-refractivity contribution in [1.29, 1.82) is 0 Å². The minimum absolute atomic E-state index is 0. The number of benzene rings is 2. The zero-order valence-electron chi connectivity index (χ0n) is 27.5. The van der Waals surface area contributed by atoms with Crippen LogP contribution in [0.25, 0.3) is 22.0 Å². The fourth-order valence-electron chi connectivity index (χ4n) is 4.35. The first-order valence-electron chi connectivity index (χ1n) is 15.0. The number of hydrogen-bond donors (Lipinski definition) is 1. The van der Waals surface area contributed by atoms with E-state index in [1.165, 1.54) is 11.6 Å². The third-order valence-electron chi connectivity index (χ3n) is 8.33. The van der Waals surface area contributed by atoms with E-state index < -0.39 is 0 Å². The molecule has 0 fully saturated rings. The number of aryl methyl sites for hydroxylation is 2. The van der Waals surface area contributed by atoms with E-state index in [2.05, 4.69) is 37.0 Å². The average Bonchev–Trinajstić information content (AvgIpc) is 2.93. The van der Waals surface area contributed by atoms with Crippen molar-refractivity contribution < 1.29 is 32.7 Å². The van der Waals surface area contributed by atoms with Crippen molar-refractivity contribution in [1.82, 2.24) is 4.98 Å². The number of nitrogens with zero attached hydrogens (tertiary/aromatic N) is 1. The second-order valence-electron chi connectivity index (χ2n) is 11.3. The minimum atomic E-state index is -0.337. The number of rotatable bonds is 9. The van der Waals surface area contributed by atoms with Gasteiger partial charge in [-0.2, -0.15) is 0 Å². The molecule has 4 heteroatoms. The Morgan fingerprint density at radius 3 is 2.13 bits per heavy atom. The minimum Gasteiger partial charge on any atom is -0.512 e. The third kappa shape index (κ3) is 8.60. The van der Waals surface area contributed by atoms with Crippen LogP contribution in [0.4, 0.5) is 0 Å². The van der Waals surface area contributed by atoms with Gasteiger partial charge in [-0.1, -0.05) is 87.4 Å². The van der Waals surface area contributed by atoms with Gasteiger partial charge < -0.3 is 10.1 Å². The van der Waals surface area contributed by atoms with Gasteiger partial charge in [0.15, 0.2) is 5.78 Å². The van der Waals surface area contributed by atoms with E-state index in [9.17, 15) is 9.90 Å². The Kier molecular flexibility index (Phi) is 11.9. The molecule has 0 bridgehead atoms. The number of fused-ring (bicyclic) bond motifs is 1. The van der Waals surface area contributed by atoms with Gasteiger partial charge in [-0.3, -0.25) is 4.79 Å². The first-order chi connectivity index (χ1) is 18.7. The van der Waals surface area contributed by atoms with Crippen LogP contribution in [0, 0.1) is 30.7 Å². The number of allylic oxidation sites excluding steroid dienone is 2. The summed E-state index contributed by atoms with van der Waals surface area (Å²) in [6, 6.07) is 13.8. The molecule has 0 aliphatic heterocycles. The molecule has 0 unspecified atom stereocenters. The molecule has 1 aromatic heterocycles. The second-order valence-corrected chi connectivity index (χ2v) is 11.3. The summed E-state index contributed by atoms with van der Waals surface area (Å²) in [5.74, 6) is 0.672. The van der Waals surface area contributed by atoms with E-state index in [4.69, 9.17) is 2.74 Å². The second kappa shape index (κ2) is 14.9. The molecule has 215 valence electrons. The van der Waals surface area contributed by atoms with Gasteiger partial charge in [-0.15, -0.1) is 34.9 Å². The molecule has 1 heterocycles. The summed E-state index contributed by atoms with van der Waals surface area (Å²) in [6.45, 7) is 20.4. The summed E-state index contributed by atoms with van der Waals surface area (Å²) in [5, 5.41) is 11.8. The van der Waals surface area contributed by atoms with Crippen LogP contribution in [-0.2, 0) is 24.9 Å². The molecule has 3 rings (SSSR count). The van der Waals surface area contributed by atoms with Crippen LogP contribution < -0.4 is 0 Å². The Morgan fingerprint density at radius 1 is 1.03 bits per heavy atom. The number of pyridine rings is 1. The van der Waals surface area contributed by atoms with Crippen molar-refractivity contribution in [3.8, 4) is 11.3 Å². The molecule has 0 saturated carbocycles. The topological polar surface area (TPSA) is 50.2 Å². The average molecular weight is 709 g/mol. The van der Waals surface area contributed by atoms with Crippen molar-refractivity contribution >= 4 is 16.6 Å². The SMILES string of the molecule is CCC(C)(CC)C(=O)/C=C(\O)C(C)(CC)CC.[2H]c1nc(-c2[c-]c(C)cc(C)c2)c2ccc(C(C)C)cc2c1[2H].[Ir]. The van der Waals surface area contributed by atoms with Crippen molar-refractivity contribution in [3.63, 3.8) is 0 Å². The van der Waals surface area contributed by atoms with Crippen LogP contribution >= 0.6 is 0 Å². The summed E-state index contributed by atoms with van der Waals surface area (Å²) in [6.07, 6.45) is 4.77. The molecule has 3 nitrogen and oxygen atoms in total. The van der Waals surface area contributed by atoms with E-state index in [-0.39, 0.29) is 54.7 Å². The number of hydrogen-bond acceptors (Lipinski definition) is 3. The van der Waals surface area contributed by atoms with E-state index in [0.717, 1.165) is 58.8 Å².